The molecule has 3 rings (SSSR count). The van der Waals surface area contributed by atoms with Gasteiger partial charge < -0.3 is 10.2 Å². The van der Waals surface area contributed by atoms with Gasteiger partial charge in [0.1, 0.15) is 0 Å². The van der Waals surface area contributed by atoms with Crippen LogP contribution in [0.15, 0.2) is 59.5 Å². The van der Waals surface area contributed by atoms with Crippen LogP contribution in [0.5, 0.6) is 0 Å². The summed E-state index contributed by atoms with van der Waals surface area (Å²) in [6, 6.07) is 16.8. The SMILES string of the molecule is Cc1cccc(N2CCN(CCCCNC(=O)CCNS(=O)(=O)c3ccccc3)CC2)c1. The van der Waals surface area contributed by atoms with Crippen molar-refractivity contribution < 1.29 is 13.2 Å². The smallest absolute Gasteiger partial charge is 0.240 e. The summed E-state index contributed by atoms with van der Waals surface area (Å²) >= 11 is 0. The zero-order valence-electron chi connectivity index (χ0n) is 18.8. The van der Waals surface area contributed by atoms with Crippen LogP contribution in [0, 0.1) is 6.92 Å². The number of anilines is 1. The molecule has 0 aromatic heterocycles. The molecule has 2 aromatic carbocycles. The van der Waals surface area contributed by atoms with Crippen LogP contribution in [0.25, 0.3) is 0 Å². The van der Waals surface area contributed by atoms with Crippen LogP contribution in [0.1, 0.15) is 24.8 Å². The molecular weight excluding hydrogens is 424 g/mol. The van der Waals surface area contributed by atoms with E-state index in [9.17, 15) is 13.2 Å². The Balaban J connectivity index is 1.23. The molecule has 1 heterocycles. The number of carbonyl (C=O) groups excluding carboxylic acids is 1. The van der Waals surface area contributed by atoms with Crippen molar-refractivity contribution in [2.45, 2.75) is 31.1 Å². The van der Waals surface area contributed by atoms with Gasteiger partial charge in [-0.15, -0.1) is 0 Å². The fourth-order valence-electron chi connectivity index (χ4n) is 3.81. The molecule has 1 aliphatic heterocycles. The quantitative estimate of drug-likeness (QED) is 0.506. The number of piperazine rings is 1. The lowest BCUT2D eigenvalue weighted by Crippen LogP contribution is -2.46. The van der Waals surface area contributed by atoms with Crippen molar-refractivity contribution in [1.82, 2.24) is 14.9 Å². The molecule has 0 atom stereocenters. The lowest BCUT2D eigenvalue weighted by molar-refractivity contribution is -0.120. The number of nitrogens with zero attached hydrogens (tertiary/aromatic N) is 2. The van der Waals surface area contributed by atoms with Crippen LogP contribution in [0.3, 0.4) is 0 Å². The maximum atomic E-state index is 12.1. The molecule has 7 nitrogen and oxygen atoms in total. The van der Waals surface area contributed by atoms with Gasteiger partial charge in [0.15, 0.2) is 0 Å². The molecule has 2 N–H and O–H groups in total. The number of hydrogen-bond acceptors (Lipinski definition) is 5. The van der Waals surface area contributed by atoms with Gasteiger partial charge >= 0.3 is 0 Å². The minimum Gasteiger partial charge on any atom is -0.369 e. The summed E-state index contributed by atoms with van der Waals surface area (Å²) in [5.74, 6) is -0.132. The molecule has 0 radical (unpaired) electrons. The largest absolute Gasteiger partial charge is 0.369 e. The first-order valence-corrected chi connectivity index (χ1v) is 12.8. The molecule has 1 amide bonds. The highest BCUT2D eigenvalue weighted by Crippen LogP contribution is 2.17. The summed E-state index contributed by atoms with van der Waals surface area (Å²) in [4.78, 5) is 17.1. The zero-order chi connectivity index (χ0) is 22.8. The van der Waals surface area contributed by atoms with Crippen molar-refractivity contribution >= 4 is 21.6 Å². The maximum absolute atomic E-state index is 12.1. The highest BCUT2D eigenvalue weighted by atomic mass is 32.2. The van der Waals surface area contributed by atoms with E-state index in [1.807, 2.05) is 0 Å². The highest BCUT2D eigenvalue weighted by molar-refractivity contribution is 7.89. The minimum atomic E-state index is -3.56. The van der Waals surface area contributed by atoms with Gasteiger partial charge in [-0.25, -0.2) is 13.1 Å². The number of carbonyl (C=O) groups is 1. The van der Waals surface area contributed by atoms with Gasteiger partial charge in [0.25, 0.3) is 0 Å². The summed E-state index contributed by atoms with van der Waals surface area (Å²) < 4.78 is 26.7. The van der Waals surface area contributed by atoms with Gasteiger partial charge in [-0.3, -0.25) is 9.69 Å². The first-order chi connectivity index (χ1) is 15.4. The molecule has 0 saturated carbocycles. The number of benzene rings is 2. The number of hydrogen-bond donors (Lipinski definition) is 2. The van der Waals surface area contributed by atoms with Crippen LogP contribution < -0.4 is 14.9 Å². The van der Waals surface area contributed by atoms with E-state index in [4.69, 9.17) is 0 Å². The Morgan fingerprint density at radius 1 is 0.938 bits per heavy atom. The van der Waals surface area contributed by atoms with E-state index in [1.54, 1.807) is 18.2 Å². The monoisotopic (exact) mass is 458 g/mol. The van der Waals surface area contributed by atoms with Crippen LogP contribution in [-0.2, 0) is 14.8 Å². The summed E-state index contributed by atoms with van der Waals surface area (Å²) in [5.41, 5.74) is 2.60. The third-order valence-corrected chi connectivity index (χ3v) is 7.14. The van der Waals surface area contributed by atoms with Crippen molar-refractivity contribution in [3.8, 4) is 0 Å². The van der Waals surface area contributed by atoms with Crippen molar-refractivity contribution in [3.05, 3.63) is 60.2 Å². The van der Waals surface area contributed by atoms with Crippen LogP contribution in [0.2, 0.25) is 0 Å². The van der Waals surface area contributed by atoms with Crippen molar-refractivity contribution in [3.63, 3.8) is 0 Å². The summed E-state index contributed by atoms with van der Waals surface area (Å²) in [6.45, 7) is 8.07. The second-order valence-corrected chi connectivity index (χ2v) is 9.95. The Bertz CT molecular complexity index is 958. The molecule has 1 fully saturated rings. The number of amides is 1. The number of rotatable bonds is 11. The summed E-state index contributed by atoms with van der Waals surface area (Å²) in [7, 11) is -3.56. The van der Waals surface area contributed by atoms with Gasteiger partial charge in [-0.2, -0.15) is 0 Å². The first kappa shape index (κ1) is 24.2. The lowest BCUT2D eigenvalue weighted by Gasteiger charge is -2.36. The number of sulfonamides is 1. The Labute approximate surface area is 191 Å². The minimum absolute atomic E-state index is 0.0915. The van der Waals surface area contributed by atoms with Crippen molar-refractivity contribution in [2.75, 3.05) is 50.7 Å². The topological polar surface area (TPSA) is 81.8 Å². The average Bonchev–Trinajstić information content (AvgIpc) is 2.80. The van der Waals surface area contributed by atoms with E-state index in [1.165, 1.54) is 23.4 Å². The molecule has 0 unspecified atom stereocenters. The van der Waals surface area contributed by atoms with E-state index in [-0.39, 0.29) is 23.8 Å². The van der Waals surface area contributed by atoms with E-state index in [0.29, 0.717) is 6.54 Å². The van der Waals surface area contributed by atoms with E-state index < -0.39 is 10.0 Å². The second kappa shape index (κ2) is 12.0. The van der Waals surface area contributed by atoms with Crippen molar-refractivity contribution in [1.29, 1.82) is 0 Å². The third kappa shape index (κ3) is 7.62. The molecule has 0 aliphatic carbocycles. The molecule has 1 aliphatic rings. The molecule has 174 valence electrons. The maximum Gasteiger partial charge on any atom is 0.240 e. The Kier molecular flexibility index (Phi) is 9.08. The fraction of sp³-hybridized carbons (Fsp3) is 0.458. The highest BCUT2D eigenvalue weighted by Gasteiger charge is 2.17. The van der Waals surface area contributed by atoms with Gasteiger partial charge in [-0.1, -0.05) is 30.3 Å². The zero-order valence-corrected chi connectivity index (χ0v) is 19.6. The lowest BCUT2D eigenvalue weighted by atomic mass is 10.2. The predicted molar refractivity (Wildman–Crippen MR) is 128 cm³/mol. The van der Waals surface area contributed by atoms with Gasteiger partial charge in [0.05, 0.1) is 4.90 Å². The molecule has 0 bridgehead atoms. The number of nitrogens with one attached hydrogen (secondary N) is 2. The first-order valence-electron chi connectivity index (χ1n) is 11.3. The molecule has 0 spiro atoms. The predicted octanol–water partition coefficient (Wildman–Crippen LogP) is 2.38. The normalized spacial score (nSPS) is 15.0. The van der Waals surface area contributed by atoms with Crippen LogP contribution in [-0.4, -0.2) is 65.0 Å². The number of unbranched alkanes of at least 4 members (excludes halogenated alkanes) is 1. The molecule has 32 heavy (non-hydrogen) atoms. The van der Waals surface area contributed by atoms with Gasteiger partial charge in [0, 0.05) is 51.4 Å². The fourth-order valence-corrected chi connectivity index (χ4v) is 4.87. The Hall–Kier alpha value is -2.42. The molecule has 2 aromatic rings. The standard InChI is InChI=1S/C24H34N4O3S/c1-21-8-7-9-22(20-21)28-18-16-27(17-19-28)15-6-5-13-25-24(29)12-14-26-32(30,31)23-10-3-2-4-11-23/h2-4,7-11,20,26H,5-6,12-19H2,1H3,(H,25,29). The Morgan fingerprint density at radius 3 is 2.41 bits per heavy atom. The van der Waals surface area contributed by atoms with E-state index >= 15 is 0 Å². The van der Waals surface area contributed by atoms with E-state index in [0.717, 1.165) is 45.6 Å². The van der Waals surface area contributed by atoms with Crippen LogP contribution >= 0.6 is 0 Å². The number of aryl methyl sites for hydroxylation is 1. The van der Waals surface area contributed by atoms with Crippen LogP contribution in [0.4, 0.5) is 5.69 Å². The Morgan fingerprint density at radius 2 is 1.69 bits per heavy atom. The molecular formula is C24H34N4O3S. The summed E-state index contributed by atoms with van der Waals surface area (Å²) in [5, 5.41) is 2.88. The van der Waals surface area contributed by atoms with Gasteiger partial charge in [-0.05, 0) is 56.1 Å². The van der Waals surface area contributed by atoms with E-state index in [2.05, 4.69) is 51.0 Å². The van der Waals surface area contributed by atoms with Gasteiger partial charge in [0.2, 0.25) is 15.9 Å². The molecule has 1 saturated heterocycles. The third-order valence-electron chi connectivity index (χ3n) is 5.66. The second-order valence-electron chi connectivity index (χ2n) is 8.19. The van der Waals surface area contributed by atoms with Crippen molar-refractivity contribution in [2.24, 2.45) is 0 Å². The average molecular weight is 459 g/mol. The molecule has 8 heteroatoms. The summed E-state index contributed by atoms with van der Waals surface area (Å²) in [6.07, 6.45) is 2.08.